The molecule has 1 aromatic rings. The van der Waals surface area contributed by atoms with Crippen LogP contribution in [0, 0.1) is 12.7 Å². The third-order valence-corrected chi connectivity index (χ3v) is 1.82. The number of halogens is 1. The Kier molecular flexibility index (Phi) is 3.06. The van der Waals surface area contributed by atoms with Crippen molar-refractivity contribution in [2.45, 2.75) is 13.3 Å². The van der Waals surface area contributed by atoms with Gasteiger partial charge in [-0.25, -0.2) is 4.39 Å². The minimum Gasteiger partial charge on any atom is -0.494 e. The van der Waals surface area contributed by atoms with Gasteiger partial charge in [0, 0.05) is 5.56 Å². The van der Waals surface area contributed by atoms with Gasteiger partial charge in [0.05, 0.1) is 13.5 Å². The average molecular weight is 198 g/mol. The lowest BCUT2D eigenvalue weighted by atomic mass is 10.1. The lowest BCUT2D eigenvalue weighted by Gasteiger charge is -2.07. The van der Waals surface area contributed by atoms with E-state index in [0.29, 0.717) is 0 Å². The standard InChI is InChI=1S/C10H11FO3/c1-6-3-7(5-9(12)13)10(11)8(4-6)14-2/h3-4H,5H2,1-2H3,(H,12,13). The van der Waals surface area contributed by atoms with E-state index < -0.39 is 11.8 Å². The van der Waals surface area contributed by atoms with Crippen molar-refractivity contribution in [2.24, 2.45) is 0 Å². The molecule has 0 aromatic heterocycles. The van der Waals surface area contributed by atoms with Crippen LogP contribution in [0.25, 0.3) is 0 Å². The van der Waals surface area contributed by atoms with Crippen molar-refractivity contribution < 1.29 is 19.0 Å². The van der Waals surface area contributed by atoms with Crippen LogP contribution in [0.3, 0.4) is 0 Å². The van der Waals surface area contributed by atoms with Crippen LogP contribution in [0.4, 0.5) is 4.39 Å². The van der Waals surface area contributed by atoms with Crippen LogP contribution in [-0.2, 0) is 11.2 Å². The number of benzene rings is 1. The summed E-state index contributed by atoms with van der Waals surface area (Å²) in [6.45, 7) is 1.76. The van der Waals surface area contributed by atoms with E-state index in [0.717, 1.165) is 5.56 Å². The molecule has 76 valence electrons. The number of carbonyl (C=O) groups is 1. The van der Waals surface area contributed by atoms with E-state index in [9.17, 15) is 9.18 Å². The molecule has 0 saturated heterocycles. The highest BCUT2D eigenvalue weighted by atomic mass is 19.1. The van der Waals surface area contributed by atoms with Crippen molar-refractivity contribution in [3.63, 3.8) is 0 Å². The molecule has 4 heteroatoms. The molecule has 0 spiro atoms. The first-order valence-corrected chi connectivity index (χ1v) is 4.09. The van der Waals surface area contributed by atoms with E-state index in [1.807, 2.05) is 0 Å². The number of aliphatic carboxylic acids is 1. The van der Waals surface area contributed by atoms with Crippen molar-refractivity contribution in [3.8, 4) is 5.75 Å². The van der Waals surface area contributed by atoms with E-state index in [1.165, 1.54) is 19.2 Å². The van der Waals surface area contributed by atoms with E-state index in [2.05, 4.69) is 0 Å². The summed E-state index contributed by atoms with van der Waals surface area (Å²) >= 11 is 0. The fourth-order valence-corrected chi connectivity index (χ4v) is 1.25. The molecule has 0 fully saturated rings. The molecule has 0 aliphatic heterocycles. The van der Waals surface area contributed by atoms with Crippen LogP contribution in [-0.4, -0.2) is 18.2 Å². The molecule has 1 rings (SSSR count). The summed E-state index contributed by atoms with van der Waals surface area (Å²) in [4.78, 5) is 10.4. The molecule has 14 heavy (non-hydrogen) atoms. The number of carboxylic acid groups (broad SMARTS) is 1. The predicted molar refractivity (Wildman–Crippen MR) is 49.0 cm³/mol. The van der Waals surface area contributed by atoms with Crippen LogP contribution in [0.15, 0.2) is 12.1 Å². The Morgan fingerprint density at radius 3 is 2.71 bits per heavy atom. The number of carboxylic acids is 1. The van der Waals surface area contributed by atoms with Crippen molar-refractivity contribution in [3.05, 3.63) is 29.1 Å². The largest absolute Gasteiger partial charge is 0.494 e. The molecule has 0 unspecified atom stereocenters. The van der Waals surface area contributed by atoms with E-state index in [4.69, 9.17) is 9.84 Å². The Hall–Kier alpha value is -1.58. The molecule has 3 nitrogen and oxygen atoms in total. The second kappa shape index (κ2) is 4.09. The Labute approximate surface area is 81.1 Å². The normalized spacial score (nSPS) is 9.93. The second-order valence-corrected chi connectivity index (χ2v) is 3.01. The van der Waals surface area contributed by atoms with E-state index in [1.54, 1.807) is 6.92 Å². The second-order valence-electron chi connectivity index (χ2n) is 3.01. The summed E-state index contributed by atoms with van der Waals surface area (Å²) in [7, 11) is 1.35. The van der Waals surface area contributed by atoms with Crippen LogP contribution >= 0.6 is 0 Å². The van der Waals surface area contributed by atoms with Crippen LogP contribution in [0.1, 0.15) is 11.1 Å². The summed E-state index contributed by atoms with van der Waals surface area (Å²) in [5.74, 6) is -1.57. The zero-order chi connectivity index (χ0) is 10.7. The van der Waals surface area contributed by atoms with Crippen molar-refractivity contribution >= 4 is 5.97 Å². The SMILES string of the molecule is COc1cc(C)cc(CC(=O)O)c1F. The highest BCUT2D eigenvalue weighted by molar-refractivity contribution is 5.70. The first-order valence-electron chi connectivity index (χ1n) is 4.09. The van der Waals surface area contributed by atoms with Gasteiger partial charge in [-0.15, -0.1) is 0 Å². The van der Waals surface area contributed by atoms with Gasteiger partial charge < -0.3 is 9.84 Å². The highest BCUT2D eigenvalue weighted by Crippen LogP contribution is 2.22. The zero-order valence-electron chi connectivity index (χ0n) is 8.00. The molecule has 0 heterocycles. The van der Waals surface area contributed by atoms with E-state index >= 15 is 0 Å². The van der Waals surface area contributed by atoms with Crippen molar-refractivity contribution in [1.82, 2.24) is 0 Å². The van der Waals surface area contributed by atoms with E-state index in [-0.39, 0.29) is 17.7 Å². The average Bonchev–Trinajstić information content (AvgIpc) is 2.09. The first kappa shape index (κ1) is 10.5. The summed E-state index contributed by atoms with van der Waals surface area (Å²) in [6.07, 6.45) is -0.329. The van der Waals surface area contributed by atoms with Crippen molar-refractivity contribution in [1.29, 1.82) is 0 Å². The fourth-order valence-electron chi connectivity index (χ4n) is 1.25. The van der Waals surface area contributed by atoms with Crippen LogP contribution in [0.2, 0.25) is 0 Å². The quantitative estimate of drug-likeness (QED) is 0.805. The Morgan fingerprint density at radius 1 is 1.57 bits per heavy atom. The van der Waals surface area contributed by atoms with Gasteiger partial charge in [-0.3, -0.25) is 4.79 Å². The summed E-state index contributed by atoms with van der Waals surface area (Å²) in [6, 6.07) is 3.03. The molecule has 0 aliphatic rings. The smallest absolute Gasteiger partial charge is 0.307 e. The molecule has 0 saturated carbocycles. The van der Waals surface area contributed by atoms with Crippen LogP contribution in [0.5, 0.6) is 5.75 Å². The highest BCUT2D eigenvalue weighted by Gasteiger charge is 2.12. The molecule has 0 amide bonds. The summed E-state index contributed by atoms with van der Waals surface area (Å²) in [5, 5.41) is 8.54. The molecule has 0 radical (unpaired) electrons. The molecular formula is C10H11FO3. The number of hydrogen-bond donors (Lipinski definition) is 1. The summed E-state index contributed by atoms with van der Waals surface area (Å²) < 4.78 is 18.2. The van der Waals surface area contributed by atoms with Gasteiger partial charge in [-0.1, -0.05) is 6.07 Å². The van der Waals surface area contributed by atoms with Gasteiger partial charge in [-0.2, -0.15) is 0 Å². The molecule has 0 aliphatic carbocycles. The lowest BCUT2D eigenvalue weighted by Crippen LogP contribution is -2.04. The topological polar surface area (TPSA) is 46.5 Å². The molecule has 1 N–H and O–H groups in total. The molecular weight excluding hydrogens is 187 g/mol. The number of hydrogen-bond acceptors (Lipinski definition) is 2. The van der Waals surface area contributed by atoms with Gasteiger partial charge in [-0.05, 0) is 18.6 Å². The van der Waals surface area contributed by atoms with Crippen LogP contribution < -0.4 is 4.74 Å². The van der Waals surface area contributed by atoms with Crippen molar-refractivity contribution in [2.75, 3.05) is 7.11 Å². The molecule has 1 aromatic carbocycles. The predicted octanol–water partition coefficient (Wildman–Crippen LogP) is 1.77. The maximum absolute atomic E-state index is 13.4. The zero-order valence-corrected chi connectivity index (χ0v) is 8.00. The Bertz CT molecular complexity index is 361. The monoisotopic (exact) mass is 198 g/mol. The molecule has 0 atom stereocenters. The third kappa shape index (κ3) is 2.22. The summed E-state index contributed by atoms with van der Waals surface area (Å²) in [5.41, 5.74) is 0.925. The maximum atomic E-state index is 13.4. The first-order chi connectivity index (χ1) is 6.54. The fraction of sp³-hybridized carbons (Fsp3) is 0.300. The lowest BCUT2D eigenvalue weighted by molar-refractivity contribution is -0.136. The maximum Gasteiger partial charge on any atom is 0.307 e. The van der Waals surface area contributed by atoms with Gasteiger partial charge >= 0.3 is 5.97 Å². The molecule has 0 bridgehead atoms. The number of rotatable bonds is 3. The van der Waals surface area contributed by atoms with Gasteiger partial charge in [0.1, 0.15) is 0 Å². The third-order valence-electron chi connectivity index (χ3n) is 1.82. The minimum atomic E-state index is -1.06. The van der Waals surface area contributed by atoms with Gasteiger partial charge in [0.2, 0.25) is 0 Å². The Morgan fingerprint density at radius 2 is 2.21 bits per heavy atom. The van der Waals surface area contributed by atoms with Gasteiger partial charge in [0.25, 0.3) is 0 Å². The minimum absolute atomic E-state index is 0.0845. The number of ether oxygens (including phenoxy) is 1. The number of methoxy groups -OCH3 is 1. The number of aryl methyl sites for hydroxylation is 1. The Balaban J connectivity index is 3.15. The van der Waals surface area contributed by atoms with Gasteiger partial charge in [0.15, 0.2) is 11.6 Å².